The molecule has 0 spiro atoms. The number of aliphatic imine (C=N–C) groups is 1. The normalized spacial score (nSPS) is 26.7. The van der Waals surface area contributed by atoms with E-state index >= 15 is 0 Å². The molecule has 0 bridgehead atoms. The van der Waals surface area contributed by atoms with Crippen molar-refractivity contribution < 1.29 is 9.84 Å². The van der Waals surface area contributed by atoms with E-state index in [-0.39, 0.29) is 12.0 Å². The van der Waals surface area contributed by atoms with Gasteiger partial charge in [0.1, 0.15) is 0 Å². The van der Waals surface area contributed by atoms with Gasteiger partial charge in [-0.15, -0.1) is 0 Å². The highest BCUT2D eigenvalue weighted by Crippen LogP contribution is 2.31. The number of piperidine rings is 1. The molecule has 2 rings (SSSR count). The Bertz CT molecular complexity index is 375. The van der Waals surface area contributed by atoms with Crippen LogP contribution in [0.25, 0.3) is 0 Å². The predicted octanol–water partition coefficient (Wildman–Crippen LogP) is 1.06. The summed E-state index contributed by atoms with van der Waals surface area (Å²) < 4.78 is 5.54. The molecule has 6 nitrogen and oxygen atoms in total. The van der Waals surface area contributed by atoms with Gasteiger partial charge >= 0.3 is 0 Å². The van der Waals surface area contributed by atoms with Gasteiger partial charge in [0.05, 0.1) is 6.61 Å². The molecule has 3 N–H and O–H groups in total. The fourth-order valence-electron chi connectivity index (χ4n) is 3.60. The molecule has 2 fully saturated rings. The van der Waals surface area contributed by atoms with Crippen LogP contribution in [-0.2, 0) is 4.74 Å². The Balaban J connectivity index is 1.62. The summed E-state index contributed by atoms with van der Waals surface area (Å²) >= 11 is 0. The highest BCUT2D eigenvalue weighted by atomic mass is 16.5. The minimum absolute atomic E-state index is 0.0524. The summed E-state index contributed by atoms with van der Waals surface area (Å²) in [6, 6.07) is 0. The Kier molecular flexibility index (Phi) is 8.29. The summed E-state index contributed by atoms with van der Waals surface area (Å²) in [4.78, 5) is 6.89. The molecule has 2 aliphatic rings. The standard InChI is InChI=1S/C18H36N4O2/c1-16-4-10-22(11-5-16)9-3-8-20-17(19-2)21-14-18(6-12-23)7-13-24-15-18/h16,23H,3-15H2,1-2H3,(H2,19,20,21). The molecule has 2 heterocycles. The number of ether oxygens (including phenoxy) is 1. The maximum absolute atomic E-state index is 9.29. The van der Waals surface area contributed by atoms with Crippen LogP contribution in [0, 0.1) is 11.3 Å². The van der Waals surface area contributed by atoms with Gasteiger partial charge in [0.25, 0.3) is 0 Å². The summed E-state index contributed by atoms with van der Waals surface area (Å²) in [6.45, 7) is 9.49. The number of guanidine groups is 1. The monoisotopic (exact) mass is 340 g/mol. The number of hydrogen-bond acceptors (Lipinski definition) is 4. The van der Waals surface area contributed by atoms with Crippen LogP contribution in [0.15, 0.2) is 4.99 Å². The molecule has 1 atom stereocenters. The molecule has 2 saturated heterocycles. The van der Waals surface area contributed by atoms with E-state index in [1.54, 1.807) is 0 Å². The average molecular weight is 341 g/mol. The average Bonchev–Trinajstić information content (AvgIpc) is 3.05. The van der Waals surface area contributed by atoms with Crippen molar-refractivity contribution in [1.82, 2.24) is 15.5 Å². The Morgan fingerprint density at radius 1 is 1.33 bits per heavy atom. The first-order valence-corrected chi connectivity index (χ1v) is 9.53. The lowest BCUT2D eigenvalue weighted by atomic mass is 9.84. The van der Waals surface area contributed by atoms with Crippen LogP contribution in [-0.4, -0.2) is 75.6 Å². The van der Waals surface area contributed by atoms with Crippen molar-refractivity contribution in [3.8, 4) is 0 Å². The molecule has 1 unspecified atom stereocenters. The summed E-state index contributed by atoms with van der Waals surface area (Å²) in [7, 11) is 1.81. The first-order chi connectivity index (χ1) is 11.7. The number of hydrogen-bond donors (Lipinski definition) is 3. The number of nitrogens with zero attached hydrogens (tertiary/aromatic N) is 2. The molecular weight excluding hydrogens is 304 g/mol. The van der Waals surface area contributed by atoms with Gasteiger partial charge in [0.2, 0.25) is 0 Å². The van der Waals surface area contributed by atoms with Crippen LogP contribution in [0.2, 0.25) is 0 Å². The molecule has 0 radical (unpaired) electrons. The Morgan fingerprint density at radius 3 is 2.75 bits per heavy atom. The van der Waals surface area contributed by atoms with Gasteiger partial charge in [-0.2, -0.15) is 0 Å². The maximum atomic E-state index is 9.29. The molecule has 2 aliphatic heterocycles. The van der Waals surface area contributed by atoms with Gasteiger partial charge in [-0.25, -0.2) is 0 Å². The molecule has 0 aromatic rings. The minimum Gasteiger partial charge on any atom is -0.396 e. The van der Waals surface area contributed by atoms with E-state index in [0.29, 0.717) is 0 Å². The Morgan fingerprint density at radius 2 is 2.12 bits per heavy atom. The number of aliphatic hydroxyl groups excluding tert-OH is 1. The zero-order valence-corrected chi connectivity index (χ0v) is 15.5. The second-order valence-electron chi connectivity index (χ2n) is 7.51. The van der Waals surface area contributed by atoms with Crippen LogP contribution >= 0.6 is 0 Å². The first-order valence-electron chi connectivity index (χ1n) is 9.53. The van der Waals surface area contributed by atoms with Crippen LogP contribution < -0.4 is 10.6 Å². The molecule has 140 valence electrons. The van der Waals surface area contributed by atoms with Gasteiger partial charge in [-0.05, 0) is 57.7 Å². The summed E-state index contributed by atoms with van der Waals surface area (Å²) in [5.41, 5.74) is 0.0524. The smallest absolute Gasteiger partial charge is 0.190 e. The Hall–Kier alpha value is -0.850. The van der Waals surface area contributed by atoms with E-state index in [9.17, 15) is 5.11 Å². The molecular formula is C18H36N4O2. The second-order valence-corrected chi connectivity index (χ2v) is 7.51. The lowest BCUT2D eigenvalue weighted by Crippen LogP contribution is -2.45. The maximum Gasteiger partial charge on any atom is 0.190 e. The van der Waals surface area contributed by atoms with Gasteiger partial charge in [-0.1, -0.05) is 6.92 Å². The van der Waals surface area contributed by atoms with E-state index in [1.165, 1.54) is 32.5 Å². The van der Waals surface area contributed by atoms with E-state index in [2.05, 4.69) is 27.4 Å². The predicted molar refractivity (Wildman–Crippen MR) is 98.4 cm³/mol. The lowest BCUT2D eigenvalue weighted by molar-refractivity contribution is 0.127. The zero-order valence-electron chi connectivity index (χ0n) is 15.5. The molecule has 0 saturated carbocycles. The molecule has 0 aromatic carbocycles. The lowest BCUT2D eigenvalue weighted by Gasteiger charge is -2.30. The van der Waals surface area contributed by atoms with Gasteiger partial charge in [0, 0.05) is 38.8 Å². The summed E-state index contributed by atoms with van der Waals surface area (Å²) in [5, 5.41) is 16.1. The fraction of sp³-hybridized carbons (Fsp3) is 0.944. The van der Waals surface area contributed by atoms with Crippen LogP contribution in [0.4, 0.5) is 0 Å². The van der Waals surface area contributed by atoms with Crippen molar-refractivity contribution in [3.05, 3.63) is 0 Å². The van der Waals surface area contributed by atoms with E-state index in [1.807, 2.05) is 7.05 Å². The van der Waals surface area contributed by atoms with Crippen molar-refractivity contribution >= 4 is 5.96 Å². The van der Waals surface area contributed by atoms with E-state index in [0.717, 1.165) is 57.4 Å². The van der Waals surface area contributed by atoms with Gasteiger partial charge in [0.15, 0.2) is 5.96 Å². The molecule has 0 aliphatic carbocycles. The third kappa shape index (κ3) is 6.22. The van der Waals surface area contributed by atoms with Crippen molar-refractivity contribution in [3.63, 3.8) is 0 Å². The second kappa shape index (κ2) is 10.2. The van der Waals surface area contributed by atoms with Crippen molar-refractivity contribution in [2.75, 3.05) is 59.6 Å². The topological polar surface area (TPSA) is 69.1 Å². The largest absolute Gasteiger partial charge is 0.396 e. The number of likely N-dealkylation sites (tertiary alicyclic amines) is 1. The fourth-order valence-corrected chi connectivity index (χ4v) is 3.60. The van der Waals surface area contributed by atoms with Crippen molar-refractivity contribution in [1.29, 1.82) is 0 Å². The number of aliphatic hydroxyl groups is 1. The first kappa shape index (κ1) is 19.5. The van der Waals surface area contributed by atoms with Gasteiger partial charge in [-0.3, -0.25) is 4.99 Å². The molecule has 0 aromatic heterocycles. The third-order valence-corrected chi connectivity index (χ3v) is 5.50. The van der Waals surface area contributed by atoms with E-state index < -0.39 is 0 Å². The van der Waals surface area contributed by atoms with Gasteiger partial charge < -0.3 is 25.4 Å². The van der Waals surface area contributed by atoms with Crippen LogP contribution in [0.1, 0.15) is 39.0 Å². The highest BCUT2D eigenvalue weighted by Gasteiger charge is 2.34. The minimum atomic E-state index is 0.0524. The molecule has 6 heteroatoms. The Labute approximate surface area is 147 Å². The van der Waals surface area contributed by atoms with Crippen molar-refractivity contribution in [2.24, 2.45) is 16.3 Å². The van der Waals surface area contributed by atoms with Crippen LogP contribution in [0.3, 0.4) is 0 Å². The summed E-state index contributed by atoms with van der Waals surface area (Å²) in [5.74, 6) is 1.75. The number of rotatable bonds is 8. The van der Waals surface area contributed by atoms with Crippen molar-refractivity contribution in [2.45, 2.75) is 39.0 Å². The third-order valence-electron chi connectivity index (χ3n) is 5.50. The molecule has 0 amide bonds. The zero-order chi connectivity index (χ0) is 17.3. The quantitative estimate of drug-likeness (QED) is 0.350. The van der Waals surface area contributed by atoms with Crippen LogP contribution in [0.5, 0.6) is 0 Å². The number of nitrogens with one attached hydrogen (secondary N) is 2. The summed E-state index contributed by atoms with van der Waals surface area (Å²) in [6.07, 6.45) is 5.60. The SMILES string of the molecule is CN=C(NCCCN1CCC(C)CC1)NCC1(CCO)CCOC1. The van der Waals surface area contributed by atoms with E-state index in [4.69, 9.17) is 4.74 Å². The molecule has 24 heavy (non-hydrogen) atoms. The highest BCUT2D eigenvalue weighted by molar-refractivity contribution is 5.79.